The topological polar surface area (TPSA) is 46.3 Å². The molecular formula is C15H30N2O. The van der Waals surface area contributed by atoms with Crippen LogP contribution in [0.1, 0.15) is 65.2 Å². The third-order valence-corrected chi connectivity index (χ3v) is 4.07. The summed E-state index contributed by atoms with van der Waals surface area (Å²) in [5.74, 6) is 0.788. The number of piperidine rings is 1. The summed E-state index contributed by atoms with van der Waals surface area (Å²) in [5, 5.41) is 0. The number of unbranched alkanes of at least 4 members (excludes halogenated alkanes) is 5. The molecule has 3 nitrogen and oxygen atoms in total. The third kappa shape index (κ3) is 5.38. The van der Waals surface area contributed by atoms with Gasteiger partial charge >= 0.3 is 0 Å². The van der Waals surface area contributed by atoms with Crippen molar-refractivity contribution in [1.82, 2.24) is 4.90 Å². The Bertz CT molecular complexity index is 243. The van der Waals surface area contributed by atoms with Gasteiger partial charge in [0.05, 0.1) is 0 Å². The van der Waals surface area contributed by atoms with Crippen molar-refractivity contribution in [3.05, 3.63) is 0 Å². The molecule has 18 heavy (non-hydrogen) atoms. The first-order valence-electron chi connectivity index (χ1n) is 7.68. The molecule has 1 saturated heterocycles. The molecule has 0 spiro atoms. The van der Waals surface area contributed by atoms with Crippen LogP contribution in [0.3, 0.4) is 0 Å². The van der Waals surface area contributed by atoms with Gasteiger partial charge in [0.15, 0.2) is 0 Å². The summed E-state index contributed by atoms with van der Waals surface area (Å²) in [4.78, 5) is 14.0. The maximum Gasteiger partial charge on any atom is 0.222 e. The van der Waals surface area contributed by atoms with Crippen molar-refractivity contribution in [2.24, 2.45) is 11.7 Å². The normalized spacial score (nSPS) is 24.3. The van der Waals surface area contributed by atoms with E-state index in [0.717, 1.165) is 32.4 Å². The van der Waals surface area contributed by atoms with E-state index in [1.165, 1.54) is 32.1 Å². The maximum atomic E-state index is 12.0. The Morgan fingerprint density at radius 2 is 1.89 bits per heavy atom. The van der Waals surface area contributed by atoms with Crippen molar-refractivity contribution in [2.45, 2.75) is 71.3 Å². The van der Waals surface area contributed by atoms with Crippen LogP contribution < -0.4 is 5.73 Å². The maximum absolute atomic E-state index is 12.0. The second-order valence-electron chi connectivity index (χ2n) is 5.79. The van der Waals surface area contributed by atoms with Crippen LogP contribution >= 0.6 is 0 Å². The lowest BCUT2D eigenvalue weighted by atomic mass is 9.94. The molecule has 2 atom stereocenters. The summed E-state index contributed by atoms with van der Waals surface area (Å²) in [5.41, 5.74) is 5.97. The van der Waals surface area contributed by atoms with Crippen molar-refractivity contribution in [1.29, 1.82) is 0 Å². The Hall–Kier alpha value is -0.570. The molecule has 0 aromatic carbocycles. The van der Waals surface area contributed by atoms with Gasteiger partial charge in [0.1, 0.15) is 0 Å². The summed E-state index contributed by atoms with van der Waals surface area (Å²) >= 11 is 0. The standard InChI is InChI=1S/C15H30N2O/c1-3-4-5-6-7-8-9-15(18)17-11-10-14(16)13(2)12-17/h13-14H,3-12,16H2,1-2H3. The second kappa shape index (κ2) is 8.52. The number of amides is 1. The molecule has 0 saturated carbocycles. The Labute approximate surface area is 112 Å². The zero-order valence-electron chi connectivity index (χ0n) is 12.2. The van der Waals surface area contributed by atoms with Crippen LogP contribution in [0.15, 0.2) is 0 Å². The summed E-state index contributed by atoms with van der Waals surface area (Å²) in [7, 11) is 0. The molecule has 0 bridgehead atoms. The van der Waals surface area contributed by atoms with E-state index in [4.69, 9.17) is 5.73 Å². The highest BCUT2D eigenvalue weighted by Gasteiger charge is 2.25. The van der Waals surface area contributed by atoms with Gasteiger partial charge in [0, 0.05) is 25.6 Å². The lowest BCUT2D eigenvalue weighted by Gasteiger charge is -2.35. The number of nitrogens with two attached hydrogens (primary N) is 1. The van der Waals surface area contributed by atoms with Gasteiger partial charge in [-0.05, 0) is 18.8 Å². The Balaban J connectivity index is 2.09. The lowest BCUT2D eigenvalue weighted by Crippen LogP contribution is -2.48. The molecule has 2 N–H and O–H groups in total. The molecule has 0 aromatic heterocycles. The molecule has 0 radical (unpaired) electrons. The largest absolute Gasteiger partial charge is 0.342 e. The predicted octanol–water partition coefficient (Wildman–Crippen LogP) is 2.93. The highest BCUT2D eigenvalue weighted by atomic mass is 16.2. The van der Waals surface area contributed by atoms with Gasteiger partial charge in [-0.1, -0.05) is 46.0 Å². The molecule has 106 valence electrons. The van der Waals surface area contributed by atoms with E-state index >= 15 is 0 Å². The molecule has 1 aliphatic heterocycles. The number of carbonyl (C=O) groups is 1. The van der Waals surface area contributed by atoms with E-state index < -0.39 is 0 Å². The summed E-state index contributed by atoms with van der Waals surface area (Å²) in [6, 6.07) is 0.281. The number of likely N-dealkylation sites (tertiary alicyclic amines) is 1. The van der Waals surface area contributed by atoms with E-state index in [2.05, 4.69) is 13.8 Å². The van der Waals surface area contributed by atoms with E-state index in [1.807, 2.05) is 4.90 Å². The molecule has 1 aliphatic rings. The van der Waals surface area contributed by atoms with Gasteiger partial charge in [-0.15, -0.1) is 0 Å². The summed E-state index contributed by atoms with van der Waals surface area (Å²) < 4.78 is 0. The van der Waals surface area contributed by atoms with Crippen molar-refractivity contribution in [3.8, 4) is 0 Å². The number of rotatable bonds is 7. The highest BCUT2D eigenvalue weighted by molar-refractivity contribution is 5.76. The number of hydrogen-bond donors (Lipinski definition) is 1. The van der Waals surface area contributed by atoms with Crippen LogP contribution in [0.4, 0.5) is 0 Å². The fourth-order valence-electron chi connectivity index (χ4n) is 2.60. The van der Waals surface area contributed by atoms with E-state index in [9.17, 15) is 4.79 Å². The van der Waals surface area contributed by atoms with Crippen molar-refractivity contribution < 1.29 is 4.79 Å². The molecule has 1 fully saturated rings. The molecule has 2 unspecified atom stereocenters. The minimum absolute atomic E-state index is 0.281. The van der Waals surface area contributed by atoms with Crippen molar-refractivity contribution >= 4 is 5.91 Å². The van der Waals surface area contributed by atoms with Gasteiger partial charge < -0.3 is 10.6 Å². The van der Waals surface area contributed by atoms with E-state index in [0.29, 0.717) is 11.8 Å². The average Bonchev–Trinajstić information content (AvgIpc) is 2.36. The zero-order valence-corrected chi connectivity index (χ0v) is 12.2. The number of hydrogen-bond acceptors (Lipinski definition) is 2. The second-order valence-corrected chi connectivity index (χ2v) is 5.79. The van der Waals surface area contributed by atoms with E-state index in [1.54, 1.807) is 0 Å². The van der Waals surface area contributed by atoms with Crippen LogP contribution in [0.2, 0.25) is 0 Å². The first-order valence-corrected chi connectivity index (χ1v) is 7.68. The summed E-state index contributed by atoms with van der Waals surface area (Å²) in [6.45, 7) is 6.09. The fraction of sp³-hybridized carbons (Fsp3) is 0.933. The number of carbonyl (C=O) groups excluding carboxylic acids is 1. The van der Waals surface area contributed by atoms with Gasteiger partial charge in [-0.25, -0.2) is 0 Å². The van der Waals surface area contributed by atoms with Crippen LogP contribution in [-0.4, -0.2) is 29.9 Å². The van der Waals surface area contributed by atoms with Crippen molar-refractivity contribution in [3.63, 3.8) is 0 Å². The average molecular weight is 254 g/mol. The Morgan fingerprint density at radius 1 is 1.22 bits per heavy atom. The summed E-state index contributed by atoms with van der Waals surface area (Å²) in [6.07, 6.45) is 9.16. The monoisotopic (exact) mass is 254 g/mol. The third-order valence-electron chi connectivity index (χ3n) is 4.07. The Morgan fingerprint density at radius 3 is 2.56 bits per heavy atom. The van der Waals surface area contributed by atoms with Gasteiger partial charge in [0.25, 0.3) is 0 Å². The minimum atomic E-state index is 0.281. The van der Waals surface area contributed by atoms with Crippen LogP contribution in [0.5, 0.6) is 0 Å². The first-order chi connectivity index (χ1) is 8.65. The highest BCUT2D eigenvalue weighted by Crippen LogP contribution is 2.16. The van der Waals surface area contributed by atoms with Gasteiger partial charge in [-0.3, -0.25) is 4.79 Å². The van der Waals surface area contributed by atoms with Crippen molar-refractivity contribution in [2.75, 3.05) is 13.1 Å². The van der Waals surface area contributed by atoms with Crippen LogP contribution in [-0.2, 0) is 4.79 Å². The minimum Gasteiger partial charge on any atom is -0.342 e. The fourth-order valence-corrected chi connectivity index (χ4v) is 2.60. The van der Waals surface area contributed by atoms with Crippen LogP contribution in [0.25, 0.3) is 0 Å². The molecule has 0 aliphatic carbocycles. The van der Waals surface area contributed by atoms with Gasteiger partial charge in [-0.2, -0.15) is 0 Å². The quantitative estimate of drug-likeness (QED) is 0.710. The predicted molar refractivity (Wildman–Crippen MR) is 76.3 cm³/mol. The zero-order chi connectivity index (χ0) is 13.4. The molecule has 1 amide bonds. The Kier molecular flexibility index (Phi) is 7.33. The first kappa shape index (κ1) is 15.5. The lowest BCUT2D eigenvalue weighted by molar-refractivity contribution is -0.133. The molecule has 3 heteroatoms. The molecule has 1 heterocycles. The SMILES string of the molecule is CCCCCCCCC(=O)N1CCC(N)C(C)C1. The van der Waals surface area contributed by atoms with Gasteiger partial charge in [0.2, 0.25) is 5.91 Å². The number of nitrogens with zero attached hydrogens (tertiary/aromatic N) is 1. The van der Waals surface area contributed by atoms with E-state index in [-0.39, 0.29) is 6.04 Å². The molecule has 0 aromatic rings. The smallest absolute Gasteiger partial charge is 0.222 e. The molecule has 1 rings (SSSR count). The van der Waals surface area contributed by atoms with Crippen LogP contribution in [0, 0.1) is 5.92 Å². The molecular weight excluding hydrogens is 224 g/mol.